The molecule has 1 aliphatic heterocycles. The summed E-state index contributed by atoms with van der Waals surface area (Å²) in [4.78, 5) is 15.3. The number of nitrogens with zero attached hydrogens (tertiary/aromatic N) is 2. The highest BCUT2D eigenvalue weighted by Crippen LogP contribution is 2.37. The molecule has 92 valence electrons. The molecule has 0 aliphatic carbocycles. The average molecular weight is 234 g/mol. The van der Waals surface area contributed by atoms with Crippen molar-refractivity contribution >= 4 is 17.7 Å². The maximum atomic E-state index is 10.9. The number of aromatic hydroxyl groups is 1. The van der Waals surface area contributed by atoms with E-state index in [2.05, 4.69) is 23.6 Å². The molecular formula is C13H18N2O2. The van der Waals surface area contributed by atoms with E-state index in [1.165, 1.54) is 0 Å². The van der Waals surface area contributed by atoms with Gasteiger partial charge in [-0.3, -0.25) is 4.79 Å². The molecule has 0 saturated heterocycles. The van der Waals surface area contributed by atoms with Crippen molar-refractivity contribution in [2.24, 2.45) is 0 Å². The highest BCUT2D eigenvalue weighted by molar-refractivity contribution is 5.87. The Bertz CT molecular complexity index is 432. The zero-order chi connectivity index (χ0) is 12.4. The van der Waals surface area contributed by atoms with E-state index in [1.54, 1.807) is 12.1 Å². The number of likely N-dealkylation sites (N-methyl/N-ethyl adjacent to an activating group) is 2. The Morgan fingerprint density at radius 2 is 1.71 bits per heavy atom. The normalized spacial score (nSPS) is 14.7. The van der Waals surface area contributed by atoms with Crippen LogP contribution in [-0.2, 0) is 0 Å². The molecular weight excluding hydrogens is 216 g/mol. The van der Waals surface area contributed by atoms with Gasteiger partial charge in [-0.15, -0.1) is 0 Å². The van der Waals surface area contributed by atoms with E-state index in [9.17, 15) is 9.90 Å². The number of hydrogen-bond acceptors (Lipinski definition) is 4. The highest BCUT2D eigenvalue weighted by Gasteiger charge is 2.22. The van der Waals surface area contributed by atoms with Gasteiger partial charge in [0.15, 0.2) is 6.29 Å². The smallest absolute Gasteiger partial charge is 0.153 e. The molecule has 4 nitrogen and oxygen atoms in total. The number of fused-ring (bicyclic) bond motifs is 1. The van der Waals surface area contributed by atoms with Crippen LogP contribution in [0.15, 0.2) is 12.1 Å². The SMILES string of the molecule is CCN1CCN(CC)c2cc(C=O)c(O)cc21. The molecule has 4 heteroatoms. The number of rotatable bonds is 3. The number of carbonyl (C=O) groups excluding carboxylic acids is 1. The van der Waals surface area contributed by atoms with Crippen LogP contribution in [0.3, 0.4) is 0 Å². The molecule has 0 radical (unpaired) electrons. The number of phenols is 1. The molecule has 0 spiro atoms. The van der Waals surface area contributed by atoms with Gasteiger partial charge in [0, 0.05) is 32.2 Å². The van der Waals surface area contributed by atoms with E-state index in [4.69, 9.17) is 0 Å². The lowest BCUT2D eigenvalue weighted by Crippen LogP contribution is -2.41. The summed E-state index contributed by atoms with van der Waals surface area (Å²) in [7, 11) is 0. The summed E-state index contributed by atoms with van der Waals surface area (Å²) in [6.07, 6.45) is 0.703. The number of phenolic OH excluding ortho intramolecular Hbond substituents is 1. The summed E-state index contributed by atoms with van der Waals surface area (Å²) in [5.41, 5.74) is 2.42. The zero-order valence-corrected chi connectivity index (χ0v) is 10.3. The molecule has 0 aromatic heterocycles. The maximum Gasteiger partial charge on any atom is 0.153 e. The van der Waals surface area contributed by atoms with Gasteiger partial charge in [-0.2, -0.15) is 0 Å². The molecule has 1 aromatic carbocycles. The molecule has 1 N–H and O–H groups in total. The van der Waals surface area contributed by atoms with Crippen LogP contribution in [0.5, 0.6) is 5.75 Å². The summed E-state index contributed by atoms with van der Waals surface area (Å²) in [5.74, 6) is 0.0650. The number of hydrogen-bond donors (Lipinski definition) is 1. The third kappa shape index (κ3) is 1.95. The Balaban J connectivity index is 2.54. The van der Waals surface area contributed by atoms with Crippen LogP contribution in [-0.4, -0.2) is 37.6 Å². The van der Waals surface area contributed by atoms with Crippen molar-refractivity contribution in [3.05, 3.63) is 17.7 Å². The van der Waals surface area contributed by atoms with Crippen molar-refractivity contribution in [2.45, 2.75) is 13.8 Å². The first-order chi connectivity index (χ1) is 8.21. The number of carbonyl (C=O) groups is 1. The van der Waals surface area contributed by atoms with E-state index in [0.717, 1.165) is 37.6 Å². The largest absolute Gasteiger partial charge is 0.507 e. The van der Waals surface area contributed by atoms with E-state index >= 15 is 0 Å². The van der Waals surface area contributed by atoms with Gasteiger partial charge in [0.2, 0.25) is 0 Å². The lowest BCUT2D eigenvalue weighted by Gasteiger charge is -2.38. The van der Waals surface area contributed by atoms with Crippen LogP contribution in [0.2, 0.25) is 0 Å². The van der Waals surface area contributed by atoms with Crippen molar-refractivity contribution in [1.82, 2.24) is 0 Å². The summed E-state index contributed by atoms with van der Waals surface area (Å²) in [5, 5.41) is 9.76. The Labute approximate surface area is 101 Å². The van der Waals surface area contributed by atoms with E-state index in [0.29, 0.717) is 11.8 Å². The molecule has 0 fully saturated rings. The van der Waals surface area contributed by atoms with E-state index in [1.807, 2.05) is 0 Å². The van der Waals surface area contributed by atoms with Gasteiger partial charge in [0.05, 0.1) is 16.9 Å². The average Bonchev–Trinajstić information content (AvgIpc) is 2.36. The summed E-state index contributed by atoms with van der Waals surface area (Å²) < 4.78 is 0. The quantitative estimate of drug-likeness (QED) is 0.811. The number of aldehydes is 1. The molecule has 17 heavy (non-hydrogen) atoms. The summed E-state index contributed by atoms with van der Waals surface area (Å²) >= 11 is 0. The van der Waals surface area contributed by atoms with Crippen LogP contribution in [0, 0.1) is 0 Å². The van der Waals surface area contributed by atoms with Crippen LogP contribution in [0.4, 0.5) is 11.4 Å². The van der Waals surface area contributed by atoms with Crippen LogP contribution in [0.25, 0.3) is 0 Å². The van der Waals surface area contributed by atoms with Gasteiger partial charge >= 0.3 is 0 Å². The van der Waals surface area contributed by atoms with Crippen molar-refractivity contribution in [3.63, 3.8) is 0 Å². The third-order valence-corrected chi connectivity index (χ3v) is 3.34. The molecule has 0 atom stereocenters. The summed E-state index contributed by atoms with van der Waals surface area (Å²) in [6, 6.07) is 3.48. The third-order valence-electron chi connectivity index (χ3n) is 3.34. The van der Waals surface area contributed by atoms with Crippen molar-refractivity contribution in [2.75, 3.05) is 36.0 Å². The molecule has 2 rings (SSSR count). The minimum Gasteiger partial charge on any atom is -0.507 e. The fourth-order valence-corrected chi connectivity index (χ4v) is 2.32. The van der Waals surface area contributed by atoms with Gasteiger partial charge < -0.3 is 14.9 Å². The fraction of sp³-hybridized carbons (Fsp3) is 0.462. The van der Waals surface area contributed by atoms with Gasteiger partial charge in [-0.05, 0) is 19.9 Å². The first-order valence-electron chi connectivity index (χ1n) is 6.03. The van der Waals surface area contributed by atoms with Crippen molar-refractivity contribution in [1.29, 1.82) is 0 Å². The number of anilines is 2. The van der Waals surface area contributed by atoms with Gasteiger partial charge in [-0.25, -0.2) is 0 Å². The van der Waals surface area contributed by atoms with Crippen molar-refractivity contribution < 1.29 is 9.90 Å². The van der Waals surface area contributed by atoms with Crippen LogP contribution >= 0.6 is 0 Å². The Hall–Kier alpha value is -1.71. The van der Waals surface area contributed by atoms with Crippen molar-refractivity contribution in [3.8, 4) is 5.75 Å². The predicted molar refractivity (Wildman–Crippen MR) is 69.3 cm³/mol. The van der Waals surface area contributed by atoms with Gasteiger partial charge in [0.1, 0.15) is 5.75 Å². The second-order valence-corrected chi connectivity index (χ2v) is 4.18. The topological polar surface area (TPSA) is 43.8 Å². The minimum absolute atomic E-state index is 0.0650. The van der Waals surface area contributed by atoms with E-state index in [-0.39, 0.29) is 5.75 Å². The summed E-state index contributed by atoms with van der Waals surface area (Å²) in [6.45, 7) is 7.92. The number of benzene rings is 1. The molecule has 0 saturated carbocycles. The molecule has 0 unspecified atom stereocenters. The second kappa shape index (κ2) is 4.65. The molecule has 1 aromatic rings. The second-order valence-electron chi connectivity index (χ2n) is 4.18. The zero-order valence-electron chi connectivity index (χ0n) is 10.3. The Morgan fingerprint density at radius 3 is 2.18 bits per heavy atom. The lowest BCUT2D eigenvalue weighted by molar-refractivity contribution is 0.112. The minimum atomic E-state index is 0.0650. The molecule has 1 heterocycles. The predicted octanol–water partition coefficient (Wildman–Crippen LogP) is 1.87. The highest BCUT2D eigenvalue weighted by atomic mass is 16.3. The lowest BCUT2D eigenvalue weighted by atomic mass is 10.1. The van der Waals surface area contributed by atoms with Crippen LogP contribution < -0.4 is 9.80 Å². The maximum absolute atomic E-state index is 10.9. The van der Waals surface area contributed by atoms with Gasteiger partial charge in [-0.1, -0.05) is 0 Å². The first kappa shape index (κ1) is 11.8. The fourth-order valence-electron chi connectivity index (χ4n) is 2.32. The molecule has 0 amide bonds. The Kier molecular flexibility index (Phi) is 3.22. The Morgan fingerprint density at radius 1 is 1.18 bits per heavy atom. The standard InChI is InChI=1S/C13H18N2O2/c1-3-14-5-6-15(4-2)12-8-13(17)10(9-16)7-11(12)14/h7-9,17H,3-6H2,1-2H3. The van der Waals surface area contributed by atoms with Gasteiger partial charge in [0.25, 0.3) is 0 Å². The monoisotopic (exact) mass is 234 g/mol. The molecule has 1 aliphatic rings. The van der Waals surface area contributed by atoms with E-state index < -0.39 is 0 Å². The molecule has 0 bridgehead atoms. The van der Waals surface area contributed by atoms with Crippen LogP contribution in [0.1, 0.15) is 24.2 Å². The first-order valence-corrected chi connectivity index (χ1v) is 6.03.